The lowest BCUT2D eigenvalue weighted by molar-refractivity contribution is -0.117. The first-order valence-electron chi connectivity index (χ1n) is 8.51. The molecule has 0 spiro atoms. The summed E-state index contributed by atoms with van der Waals surface area (Å²) in [6.07, 6.45) is -0.690. The van der Waals surface area contributed by atoms with Crippen molar-refractivity contribution < 1.29 is 14.6 Å². The number of anilines is 1. The first kappa shape index (κ1) is 20.1. The lowest BCUT2D eigenvalue weighted by Crippen LogP contribution is -2.35. The Morgan fingerprint density at radius 2 is 1.93 bits per heavy atom. The molecule has 7 heteroatoms. The number of carbonyl (C=O) groups is 1. The highest BCUT2D eigenvalue weighted by molar-refractivity contribution is 6.01. The lowest BCUT2D eigenvalue weighted by atomic mass is 9.96. The van der Waals surface area contributed by atoms with E-state index in [-0.39, 0.29) is 17.9 Å². The Labute approximate surface area is 158 Å². The standard InChI is InChI=1S/C20H26N4O3/c1-11-7-8-16(27-3)15(9-11)13-5-4-6-14(17(13)21)18(22)19(23)20(26)24-10-12(2)25/h4-9,12,25H,10,21-23H2,1-3H3,(H,24,26)/b19-18+. The minimum Gasteiger partial charge on any atom is -0.496 e. The molecule has 0 fully saturated rings. The monoisotopic (exact) mass is 370 g/mol. The van der Waals surface area contributed by atoms with Crippen molar-refractivity contribution in [3.63, 3.8) is 0 Å². The summed E-state index contributed by atoms with van der Waals surface area (Å²) < 4.78 is 5.44. The van der Waals surface area contributed by atoms with E-state index in [1.807, 2.05) is 31.2 Å². The second-order valence-electron chi connectivity index (χ2n) is 6.36. The average Bonchev–Trinajstić information content (AvgIpc) is 2.65. The van der Waals surface area contributed by atoms with Crippen LogP contribution < -0.4 is 27.3 Å². The molecule has 2 aromatic carbocycles. The molecule has 0 aliphatic carbocycles. The number of para-hydroxylation sites is 1. The number of aliphatic hydroxyl groups is 1. The largest absolute Gasteiger partial charge is 0.496 e. The summed E-state index contributed by atoms with van der Waals surface area (Å²) in [5.41, 5.74) is 21.7. The summed E-state index contributed by atoms with van der Waals surface area (Å²) in [6.45, 7) is 3.60. The number of hydrogen-bond acceptors (Lipinski definition) is 6. The van der Waals surface area contributed by atoms with Crippen LogP contribution in [-0.4, -0.2) is 30.8 Å². The number of carbonyl (C=O) groups excluding carboxylic acids is 1. The van der Waals surface area contributed by atoms with Crippen molar-refractivity contribution in [2.45, 2.75) is 20.0 Å². The van der Waals surface area contributed by atoms with Gasteiger partial charge in [0.2, 0.25) is 0 Å². The molecule has 0 saturated carbocycles. The first-order valence-corrected chi connectivity index (χ1v) is 8.51. The van der Waals surface area contributed by atoms with Gasteiger partial charge in [0.15, 0.2) is 0 Å². The number of aliphatic hydroxyl groups excluding tert-OH is 1. The summed E-state index contributed by atoms with van der Waals surface area (Å²) in [4.78, 5) is 12.1. The van der Waals surface area contributed by atoms with E-state index in [1.54, 1.807) is 26.2 Å². The number of rotatable bonds is 6. The zero-order chi connectivity index (χ0) is 20.1. The van der Waals surface area contributed by atoms with Gasteiger partial charge in [0.25, 0.3) is 5.91 Å². The Balaban J connectivity index is 2.49. The second kappa shape index (κ2) is 8.46. The summed E-state index contributed by atoms with van der Waals surface area (Å²) >= 11 is 0. The van der Waals surface area contributed by atoms with Crippen molar-refractivity contribution in [2.24, 2.45) is 11.5 Å². The van der Waals surface area contributed by atoms with Gasteiger partial charge in [0, 0.05) is 28.9 Å². The molecule has 2 rings (SSSR count). The number of nitrogens with two attached hydrogens (primary N) is 3. The fraction of sp³-hybridized carbons (Fsp3) is 0.250. The number of benzene rings is 2. The van der Waals surface area contributed by atoms with Crippen LogP contribution in [0.5, 0.6) is 5.75 Å². The third-order valence-electron chi connectivity index (χ3n) is 4.13. The van der Waals surface area contributed by atoms with Crippen LogP contribution in [0.25, 0.3) is 16.8 Å². The Hall–Kier alpha value is -3.19. The maximum Gasteiger partial charge on any atom is 0.269 e. The van der Waals surface area contributed by atoms with E-state index < -0.39 is 12.0 Å². The smallest absolute Gasteiger partial charge is 0.269 e. The number of methoxy groups -OCH3 is 1. The van der Waals surface area contributed by atoms with Gasteiger partial charge in [-0.05, 0) is 26.0 Å². The fourth-order valence-corrected chi connectivity index (χ4v) is 2.67. The number of aryl methyl sites for hydroxylation is 1. The van der Waals surface area contributed by atoms with E-state index in [2.05, 4.69) is 5.32 Å². The third-order valence-corrected chi connectivity index (χ3v) is 4.13. The summed E-state index contributed by atoms with van der Waals surface area (Å²) in [5.74, 6) is 0.112. The topological polar surface area (TPSA) is 137 Å². The molecule has 8 N–H and O–H groups in total. The molecule has 0 heterocycles. The third kappa shape index (κ3) is 4.51. The maximum absolute atomic E-state index is 12.1. The second-order valence-corrected chi connectivity index (χ2v) is 6.36. The quantitative estimate of drug-likeness (QED) is 0.384. The van der Waals surface area contributed by atoms with Gasteiger partial charge in [-0.15, -0.1) is 0 Å². The molecule has 0 aliphatic rings. The molecule has 1 unspecified atom stereocenters. The van der Waals surface area contributed by atoms with Crippen LogP contribution in [0.2, 0.25) is 0 Å². The van der Waals surface area contributed by atoms with Crippen LogP contribution >= 0.6 is 0 Å². The molecule has 2 aromatic rings. The van der Waals surface area contributed by atoms with Gasteiger partial charge in [-0.3, -0.25) is 4.79 Å². The molecule has 0 bridgehead atoms. The number of ether oxygens (including phenoxy) is 1. The zero-order valence-electron chi connectivity index (χ0n) is 15.7. The Bertz CT molecular complexity index is 876. The number of hydrogen-bond donors (Lipinski definition) is 5. The van der Waals surface area contributed by atoms with Gasteiger partial charge in [-0.1, -0.05) is 29.8 Å². The zero-order valence-corrected chi connectivity index (χ0v) is 15.7. The van der Waals surface area contributed by atoms with Gasteiger partial charge in [0.1, 0.15) is 11.4 Å². The van der Waals surface area contributed by atoms with Crippen molar-refractivity contribution in [3.8, 4) is 16.9 Å². The first-order chi connectivity index (χ1) is 12.8. The molecule has 144 valence electrons. The van der Waals surface area contributed by atoms with Crippen molar-refractivity contribution in [2.75, 3.05) is 19.4 Å². The predicted molar refractivity (Wildman–Crippen MR) is 108 cm³/mol. The van der Waals surface area contributed by atoms with Crippen LogP contribution in [0.15, 0.2) is 42.1 Å². The van der Waals surface area contributed by atoms with Crippen LogP contribution in [0, 0.1) is 6.92 Å². The highest BCUT2D eigenvalue weighted by Gasteiger charge is 2.17. The Morgan fingerprint density at radius 1 is 1.22 bits per heavy atom. The van der Waals surface area contributed by atoms with Crippen molar-refractivity contribution in [1.29, 1.82) is 0 Å². The van der Waals surface area contributed by atoms with Crippen LogP contribution in [-0.2, 0) is 4.79 Å². The van der Waals surface area contributed by atoms with Gasteiger partial charge in [-0.2, -0.15) is 0 Å². The molecule has 1 atom stereocenters. The summed E-state index contributed by atoms with van der Waals surface area (Å²) in [7, 11) is 1.59. The van der Waals surface area contributed by atoms with Gasteiger partial charge in [0.05, 0.1) is 18.9 Å². The van der Waals surface area contributed by atoms with Crippen molar-refractivity contribution >= 4 is 17.3 Å². The highest BCUT2D eigenvalue weighted by atomic mass is 16.5. The fourth-order valence-electron chi connectivity index (χ4n) is 2.67. The van der Waals surface area contributed by atoms with E-state index in [1.165, 1.54) is 0 Å². The number of amides is 1. The lowest BCUT2D eigenvalue weighted by Gasteiger charge is -2.16. The summed E-state index contributed by atoms with van der Waals surface area (Å²) in [6, 6.07) is 11.1. The van der Waals surface area contributed by atoms with Crippen molar-refractivity contribution in [3.05, 3.63) is 53.2 Å². The van der Waals surface area contributed by atoms with Gasteiger partial charge >= 0.3 is 0 Å². The Morgan fingerprint density at radius 3 is 2.56 bits per heavy atom. The summed E-state index contributed by atoms with van der Waals surface area (Å²) in [5, 5.41) is 11.8. The van der Waals surface area contributed by atoms with Gasteiger partial charge in [-0.25, -0.2) is 0 Å². The molecule has 0 aliphatic heterocycles. The molecule has 27 heavy (non-hydrogen) atoms. The van der Waals surface area contributed by atoms with E-state index in [4.69, 9.17) is 21.9 Å². The Kier molecular flexibility index (Phi) is 6.31. The van der Waals surface area contributed by atoms with Gasteiger partial charge < -0.3 is 32.4 Å². The molecular weight excluding hydrogens is 344 g/mol. The number of nitrogens with one attached hydrogen (secondary N) is 1. The molecular formula is C20H26N4O3. The maximum atomic E-state index is 12.1. The molecule has 0 saturated heterocycles. The van der Waals surface area contributed by atoms with E-state index >= 15 is 0 Å². The van der Waals surface area contributed by atoms with E-state index in [0.29, 0.717) is 17.0 Å². The average molecular weight is 370 g/mol. The number of nitrogen functional groups attached to an aromatic ring is 1. The minimum atomic E-state index is -0.690. The molecule has 7 nitrogen and oxygen atoms in total. The molecule has 1 amide bonds. The molecule has 0 radical (unpaired) electrons. The van der Waals surface area contributed by atoms with E-state index in [9.17, 15) is 9.90 Å². The van der Waals surface area contributed by atoms with Crippen LogP contribution in [0.3, 0.4) is 0 Å². The van der Waals surface area contributed by atoms with Crippen LogP contribution in [0.4, 0.5) is 5.69 Å². The van der Waals surface area contributed by atoms with Crippen molar-refractivity contribution in [1.82, 2.24) is 5.32 Å². The van der Waals surface area contributed by atoms with E-state index in [0.717, 1.165) is 16.7 Å². The SMILES string of the molecule is COc1ccc(C)cc1-c1cccc(/C(N)=C(\N)C(=O)NCC(C)O)c1N. The van der Waals surface area contributed by atoms with Crippen LogP contribution in [0.1, 0.15) is 18.1 Å². The molecule has 0 aromatic heterocycles. The minimum absolute atomic E-state index is 0.0722. The highest BCUT2D eigenvalue weighted by Crippen LogP contribution is 2.37. The normalized spacial score (nSPS) is 12.9. The predicted octanol–water partition coefficient (Wildman–Crippen LogP) is 1.34.